The number of ether oxygens (including phenoxy) is 2. The molecule has 4 heteroatoms. The Labute approximate surface area is 122 Å². The van der Waals surface area contributed by atoms with Crippen molar-refractivity contribution >= 4 is 5.97 Å². The molecule has 1 rings (SSSR count). The topological polar surface area (TPSA) is 55.8 Å². The molecule has 0 saturated heterocycles. The Bertz CT molecular complexity index is 280. The van der Waals surface area contributed by atoms with Gasteiger partial charge in [-0.3, -0.25) is 4.79 Å². The van der Waals surface area contributed by atoms with Crippen LogP contribution in [0.2, 0.25) is 0 Å². The molecule has 1 fully saturated rings. The second-order valence-electron chi connectivity index (χ2n) is 6.63. The van der Waals surface area contributed by atoms with Crippen molar-refractivity contribution in [2.75, 3.05) is 13.4 Å². The van der Waals surface area contributed by atoms with Crippen LogP contribution < -0.4 is 0 Å². The lowest BCUT2D eigenvalue weighted by Gasteiger charge is -2.26. The van der Waals surface area contributed by atoms with Crippen molar-refractivity contribution in [2.45, 2.75) is 71.8 Å². The van der Waals surface area contributed by atoms with Crippen LogP contribution in [-0.2, 0) is 14.3 Å². The van der Waals surface area contributed by atoms with E-state index in [-0.39, 0.29) is 12.0 Å². The Kier molecular flexibility index (Phi) is 7.52. The van der Waals surface area contributed by atoms with Crippen molar-refractivity contribution in [1.29, 1.82) is 0 Å². The van der Waals surface area contributed by atoms with Gasteiger partial charge >= 0.3 is 5.97 Å². The second-order valence-corrected chi connectivity index (χ2v) is 6.63. The van der Waals surface area contributed by atoms with Crippen LogP contribution in [0.1, 0.15) is 65.7 Å². The van der Waals surface area contributed by atoms with Crippen LogP contribution in [0.3, 0.4) is 0 Å². The standard InChI is InChI=1S/C16H30O4/c1-4-16(2,3)10-5-11-19-12-20-14-8-6-13(7-9-14)15(17)18/h13-14H,4-12H2,1-3H3,(H,17,18). The molecule has 1 aliphatic carbocycles. The highest BCUT2D eigenvalue weighted by atomic mass is 16.7. The van der Waals surface area contributed by atoms with Crippen molar-refractivity contribution in [1.82, 2.24) is 0 Å². The van der Waals surface area contributed by atoms with Crippen molar-refractivity contribution in [3.63, 3.8) is 0 Å². The molecule has 0 spiro atoms. The van der Waals surface area contributed by atoms with Gasteiger partial charge in [-0.25, -0.2) is 0 Å². The van der Waals surface area contributed by atoms with Crippen molar-refractivity contribution < 1.29 is 19.4 Å². The third-order valence-corrected chi connectivity index (χ3v) is 4.51. The van der Waals surface area contributed by atoms with Gasteiger partial charge in [0.2, 0.25) is 0 Å². The van der Waals surface area contributed by atoms with Crippen LogP contribution in [0.4, 0.5) is 0 Å². The minimum atomic E-state index is -0.668. The normalized spacial score (nSPS) is 23.8. The van der Waals surface area contributed by atoms with Crippen LogP contribution in [0.25, 0.3) is 0 Å². The molecule has 20 heavy (non-hydrogen) atoms. The van der Waals surface area contributed by atoms with Gasteiger partial charge in [0, 0.05) is 6.61 Å². The van der Waals surface area contributed by atoms with Gasteiger partial charge in [0.15, 0.2) is 0 Å². The summed E-state index contributed by atoms with van der Waals surface area (Å²) >= 11 is 0. The van der Waals surface area contributed by atoms with Crippen molar-refractivity contribution in [3.05, 3.63) is 0 Å². The molecular weight excluding hydrogens is 256 g/mol. The summed E-state index contributed by atoms with van der Waals surface area (Å²) in [4.78, 5) is 10.8. The lowest BCUT2D eigenvalue weighted by atomic mass is 9.85. The molecule has 0 bridgehead atoms. The van der Waals surface area contributed by atoms with Gasteiger partial charge in [0.25, 0.3) is 0 Å². The summed E-state index contributed by atoms with van der Waals surface area (Å²) < 4.78 is 11.2. The van der Waals surface area contributed by atoms with E-state index < -0.39 is 5.97 Å². The van der Waals surface area contributed by atoms with Crippen LogP contribution >= 0.6 is 0 Å². The molecule has 0 aromatic heterocycles. The number of carboxylic acids is 1. The van der Waals surface area contributed by atoms with E-state index in [1.165, 1.54) is 12.8 Å². The van der Waals surface area contributed by atoms with E-state index in [0.717, 1.165) is 38.7 Å². The maximum atomic E-state index is 10.8. The number of aliphatic carboxylic acids is 1. The van der Waals surface area contributed by atoms with Crippen LogP contribution in [0.15, 0.2) is 0 Å². The summed E-state index contributed by atoms with van der Waals surface area (Å²) in [7, 11) is 0. The molecule has 0 unspecified atom stereocenters. The molecule has 0 aromatic rings. The van der Waals surface area contributed by atoms with E-state index in [4.69, 9.17) is 14.6 Å². The Hall–Kier alpha value is -0.610. The zero-order valence-electron chi connectivity index (χ0n) is 13.2. The summed E-state index contributed by atoms with van der Waals surface area (Å²) in [5.41, 5.74) is 0.402. The molecular formula is C16H30O4. The first kappa shape index (κ1) is 17.4. The van der Waals surface area contributed by atoms with Gasteiger partial charge in [0.1, 0.15) is 6.79 Å². The minimum Gasteiger partial charge on any atom is -0.481 e. The summed E-state index contributed by atoms with van der Waals surface area (Å²) in [5.74, 6) is -0.842. The fourth-order valence-electron chi connectivity index (χ4n) is 2.51. The monoisotopic (exact) mass is 286 g/mol. The van der Waals surface area contributed by atoms with Gasteiger partial charge in [0.05, 0.1) is 12.0 Å². The van der Waals surface area contributed by atoms with Gasteiger partial charge in [-0.1, -0.05) is 27.2 Å². The first-order valence-corrected chi connectivity index (χ1v) is 7.87. The van der Waals surface area contributed by atoms with E-state index in [1.54, 1.807) is 0 Å². The van der Waals surface area contributed by atoms with E-state index in [0.29, 0.717) is 12.2 Å². The highest BCUT2D eigenvalue weighted by Gasteiger charge is 2.26. The largest absolute Gasteiger partial charge is 0.481 e. The molecule has 0 heterocycles. The molecule has 0 atom stereocenters. The Balaban J connectivity index is 1.99. The maximum absolute atomic E-state index is 10.8. The molecule has 1 N–H and O–H groups in total. The van der Waals surface area contributed by atoms with Crippen LogP contribution in [0, 0.1) is 11.3 Å². The third-order valence-electron chi connectivity index (χ3n) is 4.51. The average Bonchev–Trinajstić information content (AvgIpc) is 2.43. The number of hydrogen-bond donors (Lipinski definition) is 1. The molecule has 1 saturated carbocycles. The van der Waals surface area contributed by atoms with Gasteiger partial charge in [-0.15, -0.1) is 0 Å². The lowest BCUT2D eigenvalue weighted by molar-refractivity contribution is -0.145. The minimum absolute atomic E-state index is 0.174. The van der Waals surface area contributed by atoms with Crippen LogP contribution in [0.5, 0.6) is 0 Å². The van der Waals surface area contributed by atoms with E-state index >= 15 is 0 Å². The van der Waals surface area contributed by atoms with Crippen molar-refractivity contribution in [3.8, 4) is 0 Å². The number of hydrogen-bond acceptors (Lipinski definition) is 3. The molecule has 4 nitrogen and oxygen atoms in total. The zero-order valence-corrected chi connectivity index (χ0v) is 13.2. The van der Waals surface area contributed by atoms with Crippen molar-refractivity contribution in [2.24, 2.45) is 11.3 Å². The molecule has 0 aromatic carbocycles. The number of carbonyl (C=O) groups is 1. The van der Waals surface area contributed by atoms with Gasteiger partial charge in [-0.05, 0) is 43.9 Å². The number of rotatable bonds is 9. The molecule has 0 radical (unpaired) electrons. The fraction of sp³-hybridized carbons (Fsp3) is 0.938. The third kappa shape index (κ3) is 6.71. The van der Waals surface area contributed by atoms with Gasteiger partial charge < -0.3 is 14.6 Å². The number of carboxylic acid groups (broad SMARTS) is 1. The summed E-state index contributed by atoms with van der Waals surface area (Å²) in [6, 6.07) is 0. The van der Waals surface area contributed by atoms with Gasteiger partial charge in [-0.2, -0.15) is 0 Å². The Morgan fingerprint density at radius 1 is 1.25 bits per heavy atom. The predicted octanol–water partition coefficient (Wildman–Crippen LogP) is 3.84. The second kappa shape index (κ2) is 8.63. The smallest absolute Gasteiger partial charge is 0.306 e. The molecule has 0 aliphatic heterocycles. The zero-order chi connectivity index (χ0) is 15.0. The highest BCUT2D eigenvalue weighted by Crippen LogP contribution is 2.27. The maximum Gasteiger partial charge on any atom is 0.306 e. The Morgan fingerprint density at radius 3 is 2.45 bits per heavy atom. The quantitative estimate of drug-likeness (QED) is 0.517. The summed E-state index contributed by atoms with van der Waals surface area (Å²) in [6.07, 6.45) is 6.74. The predicted molar refractivity (Wildman–Crippen MR) is 78.6 cm³/mol. The van der Waals surface area contributed by atoms with E-state index in [1.807, 2.05) is 0 Å². The SMILES string of the molecule is CCC(C)(C)CCCOCOC1CCC(C(=O)O)CC1. The van der Waals surface area contributed by atoms with E-state index in [2.05, 4.69) is 20.8 Å². The Morgan fingerprint density at radius 2 is 1.90 bits per heavy atom. The lowest BCUT2D eigenvalue weighted by Crippen LogP contribution is -2.26. The molecule has 118 valence electrons. The molecule has 0 amide bonds. The van der Waals surface area contributed by atoms with E-state index in [9.17, 15) is 4.79 Å². The molecule has 1 aliphatic rings. The first-order valence-electron chi connectivity index (χ1n) is 7.87. The highest BCUT2D eigenvalue weighted by molar-refractivity contribution is 5.70. The summed E-state index contributed by atoms with van der Waals surface area (Å²) in [6.45, 7) is 7.87. The summed E-state index contributed by atoms with van der Waals surface area (Å²) in [5, 5.41) is 8.92. The van der Waals surface area contributed by atoms with Crippen LogP contribution in [-0.4, -0.2) is 30.6 Å². The fourth-order valence-corrected chi connectivity index (χ4v) is 2.51. The average molecular weight is 286 g/mol. The first-order chi connectivity index (χ1) is 9.44.